The van der Waals surface area contributed by atoms with Crippen LogP contribution in [0.4, 0.5) is 22.9 Å². The quantitative estimate of drug-likeness (QED) is 0.0905. The number of hydrogen-bond donors (Lipinski definition) is 2. The maximum absolute atomic E-state index is 13.5. The van der Waals surface area contributed by atoms with E-state index in [0.717, 1.165) is 68.6 Å². The lowest BCUT2D eigenvalue weighted by Crippen LogP contribution is -2.39. The second kappa shape index (κ2) is 14.7. The summed E-state index contributed by atoms with van der Waals surface area (Å²) in [6, 6.07) is 19.4. The maximum Gasteiger partial charge on any atom is 0.293 e. The molecule has 0 aliphatic carbocycles. The van der Waals surface area contributed by atoms with Crippen LogP contribution < -0.4 is 14.9 Å². The first-order valence-corrected chi connectivity index (χ1v) is 18.7. The summed E-state index contributed by atoms with van der Waals surface area (Å²) >= 11 is 1.67. The summed E-state index contributed by atoms with van der Waals surface area (Å²) in [6.45, 7) is 10.3. The van der Waals surface area contributed by atoms with Crippen LogP contribution in [0.5, 0.6) is 0 Å². The molecule has 6 rings (SSSR count). The van der Waals surface area contributed by atoms with Gasteiger partial charge in [-0.3, -0.25) is 19.7 Å². The summed E-state index contributed by atoms with van der Waals surface area (Å²) in [5, 5.41) is 20.1. The average molecular weight is 695 g/mol. The average Bonchev–Trinajstić information content (AvgIpc) is 3.47. The van der Waals surface area contributed by atoms with Gasteiger partial charge in [-0.1, -0.05) is 37.2 Å². The SMILES string of the molecule is CC1(C)CCN(c2ccc3c(NS(=O)(=O)c4ccc(N[C@H](CCN5CCOCC5)CSc5ccccc5)c([N+](=O)[O-])c4)noc3c2)CC1. The van der Waals surface area contributed by atoms with Gasteiger partial charge in [-0.15, -0.1) is 11.8 Å². The number of sulfonamides is 1. The van der Waals surface area contributed by atoms with Gasteiger partial charge in [-0.2, -0.15) is 0 Å². The highest BCUT2D eigenvalue weighted by Gasteiger charge is 2.28. The second-order valence-electron chi connectivity index (χ2n) is 13.1. The Kier molecular flexibility index (Phi) is 10.4. The highest BCUT2D eigenvalue weighted by Crippen LogP contribution is 2.35. The van der Waals surface area contributed by atoms with E-state index in [9.17, 15) is 18.5 Å². The zero-order valence-electron chi connectivity index (χ0n) is 27.3. The number of aromatic nitrogens is 1. The van der Waals surface area contributed by atoms with E-state index in [0.29, 0.717) is 35.4 Å². The van der Waals surface area contributed by atoms with Gasteiger partial charge < -0.3 is 19.5 Å². The molecule has 2 aliphatic rings. The van der Waals surface area contributed by atoms with E-state index in [1.54, 1.807) is 17.8 Å². The smallest absolute Gasteiger partial charge is 0.293 e. The van der Waals surface area contributed by atoms with Crippen molar-refractivity contribution in [2.45, 2.75) is 48.9 Å². The van der Waals surface area contributed by atoms with E-state index in [4.69, 9.17) is 9.26 Å². The van der Waals surface area contributed by atoms with Crippen molar-refractivity contribution in [3.8, 4) is 0 Å². The van der Waals surface area contributed by atoms with E-state index in [1.807, 2.05) is 42.5 Å². The Morgan fingerprint density at radius 1 is 1.02 bits per heavy atom. The number of hydrogen-bond acceptors (Lipinski definition) is 11. The minimum Gasteiger partial charge on any atom is -0.379 e. The first kappa shape index (κ1) is 34.0. The standard InChI is InChI=1S/C34H42N6O6S2/c1-34(2)13-16-39(17-14-34)26-8-10-29-32(22-26)46-36-33(29)37-48(43,44)28-9-11-30(31(23-28)40(41)42)35-25(12-15-38-18-20-45-21-19-38)24-47-27-6-4-3-5-7-27/h3-11,22-23,25,35H,12-21,24H2,1-2H3,(H,36,37)/t25-/m1/s1. The first-order chi connectivity index (χ1) is 23.1. The lowest BCUT2D eigenvalue weighted by atomic mass is 9.82. The Bertz CT molecular complexity index is 1820. The van der Waals surface area contributed by atoms with Crippen molar-refractivity contribution >= 4 is 55.6 Å². The van der Waals surface area contributed by atoms with Gasteiger partial charge in [-0.25, -0.2) is 8.42 Å². The van der Waals surface area contributed by atoms with E-state index in [1.165, 1.54) is 12.1 Å². The van der Waals surface area contributed by atoms with Gasteiger partial charge in [0, 0.05) is 67.2 Å². The lowest BCUT2D eigenvalue weighted by Gasteiger charge is -2.38. The Balaban J connectivity index is 1.18. The second-order valence-corrected chi connectivity index (χ2v) is 15.9. The molecular formula is C34H42N6O6S2. The van der Waals surface area contributed by atoms with Crippen molar-refractivity contribution < 1.29 is 22.6 Å². The van der Waals surface area contributed by atoms with E-state index in [2.05, 4.69) is 38.8 Å². The number of ether oxygens (including phenoxy) is 1. The van der Waals surface area contributed by atoms with Gasteiger partial charge in [-0.05, 0) is 61.1 Å². The normalized spacial score (nSPS) is 17.7. The minimum absolute atomic E-state index is 0.0299. The zero-order valence-corrected chi connectivity index (χ0v) is 28.9. The molecule has 2 N–H and O–H groups in total. The minimum atomic E-state index is -4.23. The molecule has 2 aliphatic heterocycles. The molecule has 14 heteroatoms. The number of rotatable bonds is 13. The summed E-state index contributed by atoms with van der Waals surface area (Å²) in [5.41, 5.74) is 1.71. The molecule has 0 saturated carbocycles. The molecule has 48 heavy (non-hydrogen) atoms. The number of nitro groups is 1. The Morgan fingerprint density at radius 3 is 2.50 bits per heavy atom. The van der Waals surface area contributed by atoms with Crippen LogP contribution in [0.15, 0.2) is 81.0 Å². The third kappa shape index (κ3) is 8.41. The molecule has 4 aromatic rings. The molecule has 1 atom stereocenters. The van der Waals surface area contributed by atoms with Crippen LogP contribution in [-0.4, -0.2) is 81.1 Å². The Morgan fingerprint density at radius 2 is 1.77 bits per heavy atom. The highest BCUT2D eigenvalue weighted by molar-refractivity contribution is 7.99. The van der Waals surface area contributed by atoms with Crippen LogP contribution in [0, 0.1) is 15.5 Å². The Labute approximate surface area is 285 Å². The predicted molar refractivity (Wildman–Crippen MR) is 190 cm³/mol. The van der Waals surface area contributed by atoms with Crippen molar-refractivity contribution in [2.24, 2.45) is 5.41 Å². The molecule has 1 aromatic heterocycles. The fourth-order valence-electron chi connectivity index (χ4n) is 6.00. The molecule has 3 aromatic carbocycles. The monoisotopic (exact) mass is 694 g/mol. The van der Waals surface area contributed by atoms with Gasteiger partial charge in [0.15, 0.2) is 11.4 Å². The fourth-order valence-corrected chi connectivity index (χ4v) is 8.03. The number of benzene rings is 3. The summed E-state index contributed by atoms with van der Waals surface area (Å²) in [7, 11) is -4.23. The van der Waals surface area contributed by atoms with Crippen LogP contribution in [0.2, 0.25) is 0 Å². The first-order valence-electron chi connectivity index (χ1n) is 16.3. The van der Waals surface area contributed by atoms with Crippen molar-refractivity contribution in [3.05, 3.63) is 76.8 Å². The van der Waals surface area contributed by atoms with Gasteiger partial charge in [0.1, 0.15) is 5.69 Å². The number of thioether (sulfide) groups is 1. The molecule has 0 amide bonds. The number of morpholine rings is 1. The highest BCUT2D eigenvalue weighted by atomic mass is 32.2. The van der Waals surface area contributed by atoms with Crippen LogP contribution in [0.1, 0.15) is 33.1 Å². The van der Waals surface area contributed by atoms with E-state index in [-0.39, 0.29) is 28.1 Å². The number of anilines is 3. The number of fused-ring (bicyclic) bond motifs is 1. The molecule has 0 bridgehead atoms. The van der Waals surface area contributed by atoms with Crippen molar-refractivity contribution in [1.29, 1.82) is 0 Å². The van der Waals surface area contributed by atoms with Crippen molar-refractivity contribution in [1.82, 2.24) is 10.1 Å². The van der Waals surface area contributed by atoms with Crippen LogP contribution >= 0.6 is 11.8 Å². The zero-order chi connectivity index (χ0) is 33.7. The number of nitrogens with one attached hydrogen (secondary N) is 2. The molecule has 0 spiro atoms. The summed E-state index contributed by atoms with van der Waals surface area (Å²) in [6.07, 6.45) is 2.90. The van der Waals surface area contributed by atoms with Crippen LogP contribution in [-0.2, 0) is 14.8 Å². The molecular weight excluding hydrogens is 653 g/mol. The number of nitro benzene ring substituents is 1. The Hall–Kier alpha value is -3.85. The summed E-state index contributed by atoms with van der Waals surface area (Å²) in [4.78, 5) is 17.2. The van der Waals surface area contributed by atoms with Crippen LogP contribution in [0.3, 0.4) is 0 Å². The number of piperidine rings is 1. The molecule has 2 fully saturated rings. The van der Waals surface area contributed by atoms with E-state index < -0.39 is 14.9 Å². The third-order valence-corrected chi connectivity index (χ3v) is 11.6. The van der Waals surface area contributed by atoms with Crippen molar-refractivity contribution in [3.63, 3.8) is 0 Å². The molecule has 3 heterocycles. The molecule has 256 valence electrons. The lowest BCUT2D eigenvalue weighted by molar-refractivity contribution is -0.384. The van der Waals surface area contributed by atoms with E-state index >= 15 is 0 Å². The summed E-state index contributed by atoms with van der Waals surface area (Å²) in [5.74, 6) is 0.700. The van der Waals surface area contributed by atoms with Gasteiger partial charge in [0.2, 0.25) is 0 Å². The predicted octanol–water partition coefficient (Wildman–Crippen LogP) is 6.46. The fraction of sp³-hybridized carbons (Fsp3) is 0.441. The van der Waals surface area contributed by atoms with Crippen LogP contribution in [0.25, 0.3) is 11.0 Å². The molecule has 12 nitrogen and oxygen atoms in total. The third-order valence-electron chi connectivity index (χ3n) is 9.10. The van der Waals surface area contributed by atoms with Crippen molar-refractivity contribution in [2.75, 3.05) is 66.6 Å². The van der Waals surface area contributed by atoms with Gasteiger partial charge >= 0.3 is 0 Å². The molecule has 0 radical (unpaired) electrons. The maximum atomic E-state index is 13.5. The molecule has 2 saturated heterocycles. The topological polar surface area (TPSA) is 143 Å². The number of nitrogens with zero attached hydrogens (tertiary/aromatic N) is 4. The molecule has 0 unspecified atom stereocenters. The van der Waals surface area contributed by atoms with Gasteiger partial charge in [0.05, 0.1) is 28.4 Å². The largest absolute Gasteiger partial charge is 0.379 e. The summed E-state index contributed by atoms with van der Waals surface area (Å²) < 4.78 is 40.5. The van der Waals surface area contributed by atoms with Gasteiger partial charge in [0.25, 0.3) is 15.7 Å².